The first-order valence-electron chi connectivity index (χ1n) is 19.2. The van der Waals surface area contributed by atoms with Crippen molar-refractivity contribution in [2.75, 3.05) is 47.6 Å². The molecule has 0 saturated heterocycles. The smallest absolute Gasteiger partial charge is 0.171 e. The van der Waals surface area contributed by atoms with Gasteiger partial charge in [-0.15, -0.1) is 0 Å². The summed E-state index contributed by atoms with van der Waals surface area (Å²) in [7, 11) is 3.90. The molecule has 8 heteroatoms. The molecular weight excluding hydrogens is 729 g/mol. The standard InChI is InChI=1S/C48H52N4O2S2/c53-35-31-49-27-23-43(24-28-49)13-11-41-15-19-47(20-16-41)51(39-45-7-3-1-4-8-45)33-37-55-56-38-34-52(40-46-9-5-2-6-10-46)48-21-17-42(18-22-48)12-14-44-25-29-50(30-26-44)32-36-54/h1-30,53-54H,31-40H2/q+2. The van der Waals surface area contributed by atoms with Gasteiger partial charge in [-0.1, -0.05) is 131 Å². The Balaban J connectivity index is 1.03. The van der Waals surface area contributed by atoms with E-state index in [0.717, 1.165) is 59.9 Å². The number of hydrogen-bond acceptors (Lipinski definition) is 6. The van der Waals surface area contributed by atoms with Gasteiger partial charge in [-0.05, 0) is 57.6 Å². The van der Waals surface area contributed by atoms with Crippen LogP contribution in [-0.2, 0) is 26.2 Å². The van der Waals surface area contributed by atoms with Gasteiger partial charge in [-0.3, -0.25) is 0 Å². The number of anilines is 2. The summed E-state index contributed by atoms with van der Waals surface area (Å²) in [6, 6.07) is 47.5. The van der Waals surface area contributed by atoms with Crippen LogP contribution >= 0.6 is 21.6 Å². The van der Waals surface area contributed by atoms with E-state index in [9.17, 15) is 0 Å². The molecule has 0 aliphatic heterocycles. The van der Waals surface area contributed by atoms with Crippen LogP contribution in [0.25, 0.3) is 24.3 Å². The minimum absolute atomic E-state index is 0.138. The minimum Gasteiger partial charge on any atom is -0.390 e. The van der Waals surface area contributed by atoms with Crippen molar-refractivity contribution in [3.8, 4) is 0 Å². The lowest BCUT2D eigenvalue weighted by Gasteiger charge is -2.26. The molecule has 0 bridgehead atoms. The van der Waals surface area contributed by atoms with Crippen LogP contribution in [0.15, 0.2) is 158 Å². The fourth-order valence-corrected chi connectivity index (χ4v) is 8.27. The van der Waals surface area contributed by atoms with Gasteiger partial charge in [0.15, 0.2) is 37.9 Å². The van der Waals surface area contributed by atoms with Gasteiger partial charge in [-0.2, -0.15) is 0 Å². The zero-order valence-electron chi connectivity index (χ0n) is 31.9. The second-order valence-corrected chi connectivity index (χ2v) is 16.2. The van der Waals surface area contributed by atoms with Crippen LogP contribution in [0.5, 0.6) is 0 Å². The first kappa shape index (κ1) is 40.5. The van der Waals surface area contributed by atoms with Crippen LogP contribution in [0, 0.1) is 0 Å². The van der Waals surface area contributed by atoms with E-state index in [-0.39, 0.29) is 13.2 Å². The third kappa shape index (κ3) is 13.3. The fourth-order valence-electron chi connectivity index (χ4n) is 6.29. The summed E-state index contributed by atoms with van der Waals surface area (Å²) in [5.41, 5.74) is 9.65. The van der Waals surface area contributed by atoms with E-state index >= 15 is 0 Å². The summed E-state index contributed by atoms with van der Waals surface area (Å²) in [5.74, 6) is 2.04. The fraction of sp³-hybridized carbons (Fsp3) is 0.208. The molecule has 6 rings (SSSR count). The molecule has 56 heavy (non-hydrogen) atoms. The molecule has 0 radical (unpaired) electrons. The number of aromatic nitrogens is 2. The minimum atomic E-state index is 0.138. The normalized spacial score (nSPS) is 11.4. The highest BCUT2D eigenvalue weighted by Gasteiger charge is 2.11. The first-order valence-corrected chi connectivity index (χ1v) is 21.7. The number of rotatable bonds is 21. The molecule has 2 aromatic heterocycles. The van der Waals surface area contributed by atoms with Gasteiger partial charge in [0, 0.05) is 73.3 Å². The Labute approximate surface area is 340 Å². The Kier molecular flexibility index (Phi) is 16.2. The van der Waals surface area contributed by atoms with Crippen LogP contribution in [0.4, 0.5) is 11.4 Å². The van der Waals surface area contributed by atoms with Crippen molar-refractivity contribution in [2.45, 2.75) is 26.2 Å². The summed E-state index contributed by atoms with van der Waals surface area (Å²) in [6.07, 6.45) is 16.6. The van der Waals surface area contributed by atoms with Crippen molar-refractivity contribution >= 4 is 57.3 Å². The zero-order valence-corrected chi connectivity index (χ0v) is 33.5. The maximum atomic E-state index is 9.17. The Hall–Kier alpha value is -5.12. The van der Waals surface area contributed by atoms with Gasteiger partial charge in [0.2, 0.25) is 0 Å². The molecule has 0 fully saturated rings. The zero-order chi connectivity index (χ0) is 38.6. The van der Waals surface area contributed by atoms with Crippen molar-refractivity contribution < 1.29 is 19.3 Å². The van der Waals surface area contributed by atoms with Crippen LogP contribution < -0.4 is 18.9 Å². The summed E-state index contributed by atoms with van der Waals surface area (Å²) in [4.78, 5) is 4.97. The number of benzene rings is 4. The number of pyridine rings is 2. The molecule has 0 aliphatic rings. The van der Waals surface area contributed by atoms with Crippen molar-refractivity contribution in [1.82, 2.24) is 0 Å². The van der Waals surface area contributed by atoms with Gasteiger partial charge in [0.25, 0.3) is 0 Å². The lowest BCUT2D eigenvalue weighted by Crippen LogP contribution is -2.34. The molecule has 2 N–H and O–H groups in total. The average Bonchev–Trinajstić information content (AvgIpc) is 3.25. The predicted octanol–water partition coefficient (Wildman–Crippen LogP) is 8.68. The molecule has 0 atom stereocenters. The molecule has 2 heterocycles. The maximum Gasteiger partial charge on any atom is 0.171 e. The second-order valence-electron chi connectivity index (χ2n) is 13.5. The third-order valence-corrected chi connectivity index (χ3v) is 11.8. The van der Waals surface area contributed by atoms with Crippen molar-refractivity contribution in [3.63, 3.8) is 0 Å². The third-order valence-electron chi connectivity index (χ3n) is 9.41. The van der Waals surface area contributed by atoms with E-state index < -0.39 is 0 Å². The molecule has 0 aliphatic carbocycles. The molecule has 6 aromatic rings. The molecule has 6 nitrogen and oxygen atoms in total. The topological polar surface area (TPSA) is 54.7 Å². The lowest BCUT2D eigenvalue weighted by molar-refractivity contribution is -0.698. The van der Waals surface area contributed by atoms with Crippen LogP contribution in [-0.4, -0.2) is 48.0 Å². The number of aliphatic hydroxyl groups excluding tert-OH is 2. The lowest BCUT2D eigenvalue weighted by atomic mass is 10.1. The van der Waals surface area contributed by atoms with Gasteiger partial charge >= 0.3 is 0 Å². The predicted molar refractivity (Wildman–Crippen MR) is 238 cm³/mol. The Bertz CT molecular complexity index is 1910. The highest BCUT2D eigenvalue weighted by molar-refractivity contribution is 8.76. The SMILES string of the molecule is OCC[n+]1ccc(/C=C/c2ccc(N(CCSSCCN(Cc3ccccc3)c3ccc(/C=C/c4cc[n+](CCO)cc4)cc3)Cc3ccccc3)cc2)cc1. The van der Waals surface area contributed by atoms with E-state index in [1.165, 1.54) is 22.5 Å². The Morgan fingerprint density at radius 1 is 0.429 bits per heavy atom. The molecule has 0 unspecified atom stereocenters. The molecular formula is C48H52N4O2S2+2. The summed E-state index contributed by atoms with van der Waals surface area (Å²) in [6.45, 7) is 5.13. The second kappa shape index (κ2) is 22.4. The van der Waals surface area contributed by atoms with Gasteiger partial charge in [0.1, 0.15) is 13.2 Å². The van der Waals surface area contributed by atoms with Crippen LogP contribution in [0.2, 0.25) is 0 Å². The molecule has 0 spiro atoms. The Morgan fingerprint density at radius 2 is 0.768 bits per heavy atom. The highest BCUT2D eigenvalue weighted by atomic mass is 33.1. The van der Waals surface area contributed by atoms with E-state index in [1.807, 2.05) is 55.5 Å². The largest absolute Gasteiger partial charge is 0.390 e. The summed E-state index contributed by atoms with van der Waals surface area (Å²) >= 11 is 0. The van der Waals surface area contributed by atoms with E-state index in [4.69, 9.17) is 10.2 Å². The summed E-state index contributed by atoms with van der Waals surface area (Å²) < 4.78 is 3.96. The number of hydrogen-bond donors (Lipinski definition) is 2. The Morgan fingerprint density at radius 3 is 1.11 bits per heavy atom. The molecule has 0 amide bonds. The average molecular weight is 781 g/mol. The monoisotopic (exact) mass is 780 g/mol. The molecule has 286 valence electrons. The van der Waals surface area contributed by atoms with Gasteiger partial charge in [0.05, 0.1) is 0 Å². The first-order chi connectivity index (χ1) is 27.6. The highest BCUT2D eigenvalue weighted by Crippen LogP contribution is 2.26. The van der Waals surface area contributed by atoms with E-state index in [1.54, 1.807) is 0 Å². The van der Waals surface area contributed by atoms with Crippen LogP contribution in [0.1, 0.15) is 33.4 Å². The van der Waals surface area contributed by atoms with Gasteiger partial charge < -0.3 is 20.0 Å². The van der Waals surface area contributed by atoms with Crippen molar-refractivity contribution in [3.05, 3.63) is 192 Å². The van der Waals surface area contributed by atoms with Gasteiger partial charge in [-0.25, -0.2) is 9.13 Å². The number of nitrogens with zero attached hydrogens (tertiary/aromatic N) is 4. The quantitative estimate of drug-likeness (QED) is 0.0434. The number of aliphatic hydroxyl groups is 2. The van der Waals surface area contributed by atoms with E-state index in [2.05, 4.69) is 168 Å². The van der Waals surface area contributed by atoms with E-state index in [0.29, 0.717) is 13.1 Å². The molecule has 0 saturated carbocycles. The molecule has 4 aromatic carbocycles. The maximum absolute atomic E-state index is 9.17. The van der Waals surface area contributed by atoms with Crippen molar-refractivity contribution in [1.29, 1.82) is 0 Å². The van der Waals surface area contributed by atoms with Crippen molar-refractivity contribution in [2.24, 2.45) is 0 Å². The summed E-state index contributed by atoms with van der Waals surface area (Å²) in [5, 5.41) is 18.3. The van der Waals surface area contributed by atoms with Crippen LogP contribution in [0.3, 0.4) is 0 Å².